The summed E-state index contributed by atoms with van der Waals surface area (Å²) >= 11 is 0. The van der Waals surface area contributed by atoms with Gasteiger partial charge < -0.3 is 83.6 Å². The van der Waals surface area contributed by atoms with Crippen LogP contribution in [0, 0.1) is 0 Å². The highest BCUT2D eigenvalue weighted by Crippen LogP contribution is 2.31. The van der Waals surface area contributed by atoms with Crippen LogP contribution < -0.4 is 34.0 Å². The van der Waals surface area contributed by atoms with E-state index in [1.54, 1.807) is 6.92 Å². The van der Waals surface area contributed by atoms with Crippen molar-refractivity contribution in [1.82, 2.24) is 5.32 Å². The average molecular weight is 569 g/mol. The van der Waals surface area contributed by atoms with Gasteiger partial charge in [0, 0.05) is 12.6 Å². The van der Waals surface area contributed by atoms with Crippen LogP contribution in [0.2, 0.25) is 0 Å². The monoisotopic (exact) mass is 568 g/mol. The number of carbonyl (C=O) groups is 1. The molecule has 3 rings (SSSR count). The molecule has 228 valence electrons. The fourth-order valence-electron chi connectivity index (χ4n) is 5.05. The Bertz CT molecular complexity index is 802. The molecule has 1 saturated carbocycles. The molecule has 2 aliphatic heterocycles. The summed E-state index contributed by atoms with van der Waals surface area (Å²) in [5, 5.41) is 65.3. The number of rotatable bonds is 9. The van der Waals surface area contributed by atoms with Crippen LogP contribution >= 0.6 is 0 Å². The molecular formula is C22H44N6O11. The minimum absolute atomic E-state index is 0.0239. The summed E-state index contributed by atoms with van der Waals surface area (Å²) in [6, 6.07) is -4.11. The van der Waals surface area contributed by atoms with Gasteiger partial charge in [-0.2, -0.15) is 0 Å². The Morgan fingerprint density at radius 1 is 0.897 bits per heavy atom. The van der Waals surface area contributed by atoms with Gasteiger partial charge in [-0.1, -0.05) is 0 Å². The van der Waals surface area contributed by atoms with E-state index in [4.69, 9.17) is 47.6 Å². The van der Waals surface area contributed by atoms with Crippen LogP contribution in [0.3, 0.4) is 0 Å². The molecule has 0 radical (unpaired) electrons. The number of nitrogens with one attached hydrogen (secondary N) is 1. The van der Waals surface area contributed by atoms with Crippen LogP contribution in [-0.4, -0.2) is 147 Å². The van der Waals surface area contributed by atoms with Gasteiger partial charge in [0.15, 0.2) is 12.6 Å². The van der Waals surface area contributed by atoms with Gasteiger partial charge in [-0.15, -0.1) is 0 Å². The maximum atomic E-state index is 12.6. The van der Waals surface area contributed by atoms with Gasteiger partial charge in [-0.05, 0) is 26.3 Å². The molecule has 0 aromatic rings. The fourth-order valence-corrected chi connectivity index (χ4v) is 5.05. The average Bonchev–Trinajstić information content (AvgIpc) is 2.90. The molecule has 2 saturated heterocycles. The van der Waals surface area contributed by atoms with Gasteiger partial charge in [0.1, 0.15) is 54.9 Å². The zero-order chi connectivity index (χ0) is 29.2. The quantitative estimate of drug-likeness (QED) is 0.123. The third kappa shape index (κ3) is 7.03. The third-order valence-electron chi connectivity index (χ3n) is 7.57. The highest BCUT2D eigenvalue weighted by molar-refractivity contribution is 5.80. The van der Waals surface area contributed by atoms with Gasteiger partial charge >= 0.3 is 0 Å². The van der Waals surface area contributed by atoms with E-state index in [0.29, 0.717) is 0 Å². The van der Waals surface area contributed by atoms with Crippen LogP contribution in [0.4, 0.5) is 0 Å². The van der Waals surface area contributed by atoms with E-state index in [-0.39, 0.29) is 25.9 Å². The van der Waals surface area contributed by atoms with Gasteiger partial charge in [0.25, 0.3) is 0 Å². The number of ether oxygens (including phenoxy) is 4. The highest BCUT2D eigenvalue weighted by Gasteiger charge is 2.52. The summed E-state index contributed by atoms with van der Waals surface area (Å²) in [6.07, 6.45) is -16.1. The first kappa shape index (κ1) is 32.4. The number of hydrogen-bond donors (Lipinski definition) is 12. The molecule has 0 bridgehead atoms. The highest BCUT2D eigenvalue weighted by atomic mass is 16.7. The maximum absolute atomic E-state index is 12.6. The summed E-state index contributed by atoms with van der Waals surface area (Å²) in [6.45, 7) is 1.45. The number of nitrogens with two attached hydrogens (primary N) is 5. The van der Waals surface area contributed by atoms with Crippen molar-refractivity contribution >= 4 is 5.91 Å². The smallest absolute Gasteiger partial charge is 0.249 e. The second kappa shape index (κ2) is 13.7. The summed E-state index contributed by atoms with van der Waals surface area (Å²) in [5.74, 6) is -0.793. The predicted octanol–water partition coefficient (Wildman–Crippen LogP) is -7.43. The Labute approximate surface area is 225 Å². The number of amides is 1. The topological polar surface area (TPSA) is 318 Å². The van der Waals surface area contributed by atoms with Crippen LogP contribution in [0.25, 0.3) is 0 Å². The zero-order valence-corrected chi connectivity index (χ0v) is 21.7. The van der Waals surface area contributed by atoms with E-state index in [2.05, 4.69) is 5.32 Å². The van der Waals surface area contributed by atoms with Crippen molar-refractivity contribution in [3.8, 4) is 0 Å². The van der Waals surface area contributed by atoms with Crippen molar-refractivity contribution in [3.63, 3.8) is 0 Å². The Balaban J connectivity index is 1.83. The van der Waals surface area contributed by atoms with Gasteiger partial charge in [0.05, 0.1) is 24.2 Å². The van der Waals surface area contributed by atoms with Crippen molar-refractivity contribution in [2.45, 2.75) is 118 Å². The molecule has 0 unspecified atom stereocenters. The summed E-state index contributed by atoms with van der Waals surface area (Å²) in [4.78, 5) is 12.6. The van der Waals surface area contributed by atoms with E-state index in [1.165, 1.54) is 0 Å². The molecule has 17 heteroatoms. The number of aliphatic hydroxyl groups is 6. The molecule has 39 heavy (non-hydrogen) atoms. The lowest BCUT2D eigenvalue weighted by Gasteiger charge is -2.49. The second-order valence-electron chi connectivity index (χ2n) is 10.4. The largest absolute Gasteiger partial charge is 0.388 e. The van der Waals surface area contributed by atoms with Crippen molar-refractivity contribution in [2.24, 2.45) is 28.7 Å². The Hall–Kier alpha value is -1.13. The molecule has 0 spiro atoms. The number of aliphatic hydroxyl groups excluding tert-OH is 6. The molecule has 0 aromatic carbocycles. The zero-order valence-electron chi connectivity index (χ0n) is 21.7. The first-order chi connectivity index (χ1) is 18.3. The molecule has 2 heterocycles. The molecule has 17 nitrogen and oxygen atoms in total. The lowest BCUT2D eigenvalue weighted by molar-refractivity contribution is -0.317. The standard InChI is InChI=1S/C22H44N6O11/c1-6-11(26)14(31)16(33)22(36-6)39-19-8(28-20(35)9(29)2-3-23)4-7(25)18(17(19)34)38-21-12(27)15(32)13(30)10(5-24)37-21/h6-19,21-22,29-34H,2-5,23-27H2,1H3,(H,28,35)/t6-,7+,8-,9+,10-,11-,12-,13-,14+,15-,16-,17+,18-,19+,21-,22-/m1/s1. The predicted molar refractivity (Wildman–Crippen MR) is 132 cm³/mol. The van der Waals surface area contributed by atoms with Crippen LogP contribution in [-0.2, 0) is 23.7 Å². The van der Waals surface area contributed by atoms with E-state index in [0.717, 1.165) is 0 Å². The summed E-state index contributed by atoms with van der Waals surface area (Å²) < 4.78 is 23.0. The molecule has 0 aromatic heterocycles. The lowest BCUT2D eigenvalue weighted by Crippen LogP contribution is -2.70. The third-order valence-corrected chi connectivity index (χ3v) is 7.57. The molecule has 1 aliphatic carbocycles. The lowest BCUT2D eigenvalue weighted by atomic mass is 9.83. The first-order valence-electron chi connectivity index (χ1n) is 13.0. The van der Waals surface area contributed by atoms with E-state index in [9.17, 15) is 35.4 Å². The molecule has 3 aliphatic rings. The van der Waals surface area contributed by atoms with Crippen molar-refractivity contribution in [3.05, 3.63) is 0 Å². The Morgan fingerprint density at radius 3 is 2.13 bits per heavy atom. The summed E-state index contributed by atoms with van der Waals surface area (Å²) in [7, 11) is 0. The van der Waals surface area contributed by atoms with Gasteiger partial charge in [0.2, 0.25) is 5.91 Å². The minimum Gasteiger partial charge on any atom is -0.388 e. The van der Waals surface area contributed by atoms with Crippen LogP contribution in [0.15, 0.2) is 0 Å². The Kier molecular flexibility index (Phi) is 11.4. The van der Waals surface area contributed by atoms with Crippen molar-refractivity contribution in [1.29, 1.82) is 0 Å². The normalized spacial score (nSPS) is 47.9. The number of carbonyl (C=O) groups excluding carboxylic acids is 1. The second-order valence-corrected chi connectivity index (χ2v) is 10.4. The van der Waals surface area contributed by atoms with Crippen molar-refractivity contribution in [2.75, 3.05) is 13.1 Å². The molecule has 3 fully saturated rings. The fraction of sp³-hybridized carbons (Fsp3) is 0.955. The SMILES string of the molecule is C[C@H]1O[C@H](O[C@@H]2[C@@H](O)[C@H](O[C@H]3O[C@H](CN)[C@@H](O)[C@H](O)[C@H]3N)[C@@H](N)C[C@H]2NC(=O)[C@@H](O)CCN)[C@H](O)[C@@H](O)[C@@H]1N. The van der Waals surface area contributed by atoms with E-state index in [1.807, 2.05) is 0 Å². The minimum atomic E-state index is -1.61. The van der Waals surface area contributed by atoms with Crippen LogP contribution in [0.5, 0.6) is 0 Å². The van der Waals surface area contributed by atoms with E-state index < -0.39 is 104 Å². The number of hydrogen-bond acceptors (Lipinski definition) is 16. The molecule has 17 N–H and O–H groups in total. The summed E-state index contributed by atoms with van der Waals surface area (Å²) in [5.41, 5.74) is 29.2. The molecular weight excluding hydrogens is 524 g/mol. The maximum Gasteiger partial charge on any atom is 0.249 e. The molecule has 16 atom stereocenters. The first-order valence-corrected chi connectivity index (χ1v) is 13.0. The van der Waals surface area contributed by atoms with E-state index >= 15 is 0 Å². The molecule has 1 amide bonds. The van der Waals surface area contributed by atoms with Gasteiger partial charge in [-0.3, -0.25) is 4.79 Å². The van der Waals surface area contributed by atoms with Crippen LogP contribution in [0.1, 0.15) is 19.8 Å². The Morgan fingerprint density at radius 2 is 1.51 bits per heavy atom. The van der Waals surface area contributed by atoms with Gasteiger partial charge in [-0.25, -0.2) is 0 Å². The van der Waals surface area contributed by atoms with Crippen molar-refractivity contribution < 1.29 is 54.4 Å².